The molecule has 0 aliphatic rings. The molecule has 0 amide bonds. The summed E-state index contributed by atoms with van der Waals surface area (Å²) in [6.45, 7) is 9.99. The minimum absolute atomic E-state index is 0.176. The normalized spacial score (nSPS) is 9.79. The maximum absolute atomic E-state index is 9.60. The maximum atomic E-state index is 9.60. The zero-order chi connectivity index (χ0) is 21.3. The minimum Gasteiger partial charge on any atom is -0.478 e. The Hall–Kier alpha value is 0.270. The smallest absolute Gasteiger partial charge is 0.330 e. The molecule has 0 radical (unpaired) electrons. The van der Waals surface area contributed by atoms with Crippen LogP contribution < -0.4 is 0 Å². The van der Waals surface area contributed by atoms with Crippen molar-refractivity contribution < 1.29 is 39.3 Å². The molecule has 0 aliphatic carbocycles. The van der Waals surface area contributed by atoms with Crippen molar-refractivity contribution in [3.8, 4) is 0 Å². The first kappa shape index (κ1) is 35.4. The van der Waals surface area contributed by atoms with Crippen LogP contribution in [-0.4, -0.2) is 40.4 Å². The summed E-state index contributed by atoms with van der Waals surface area (Å²) < 4.78 is 0. The van der Waals surface area contributed by atoms with Crippen molar-refractivity contribution in [3.05, 3.63) is 12.2 Å². The molecule has 0 aliphatic heterocycles. The summed E-state index contributed by atoms with van der Waals surface area (Å²) in [6, 6.07) is 0. The Labute approximate surface area is 155 Å². The molecule has 0 unspecified atom stereocenters. The van der Waals surface area contributed by atoms with Crippen molar-refractivity contribution in [3.63, 3.8) is 0 Å². The van der Waals surface area contributed by atoms with Gasteiger partial charge in [0.2, 0.25) is 0 Å². The van der Waals surface area contributed by atoms with Gasteiger partial charge >= 0.3 is 19.4 Å². The lowest BCUT2D eigenvalue weighted by Crippen LogP contribution is -1.92. The second kappa shape index (κ2) is 19.6. The number of rotatable bonds is 1. The van der Waals surface area contributed by atoms with Gasteiger partial charge < -0.3 is 34.5 Å². The van der Waals surface area contributed by atoms with Gasteiger partial charge in [0, 0.05) is 5.57 Å². The third-order valence-corrected chi connectivity index (χ3v) is 0.365. The lowest BCUT2D eigenvalue weighted by Gasteiger charge is -1.88. The number of hydrogen-bond acceptors (Lipinski definition) is 3. The predicted octanol–water partition coefficient (Wildman–Crippen LogP) is 2.35. The van der Waals surface area contributed by atoms with E-state index in [1.165, 1.54) is 6.92 Å². The molecule has 150 valence electrons. The van der Waals surface area contributed by atoms with Crippen molar-refractivity contribution in [1.29, 1.82) is 0 Å². The molecule has 0 bridgehead atoms. The van der Waals surface area contributed by atoms with Crippen LogP contribution in [0.5, 0.6) is 0 Å². The highest BCUT2D eigenvalue weighted by atomic mass is 32.5. The first-order chi connectivity index (χ1) is 10.1. The lowest BCUT2D eigenvalue weighted by molar-refractivity contribution is -0.132. The van der Waals surface area contributed by atoms with Crippen LogP contribution in [-0.2, 0) is 28.4 Å². The summed E-state index contributed by atoms with van der Waals surface area (Å²) in [5.41, 5.74) is 0.176. The second-order valence-corrected chi connectivity index (χ2v) is 10.6. The van der Waals surface area contributed by atoms with Gasteiger partial charge in [-0.05, 0) is 42.4 Å². The van der Waals surface area contributed by atoms with Gasteiger partial charge in [-0.3, -0.25) is 0 Å². The topological polar surface area (TPSA) is 159 Å². The van der Waals surface area contributed by atoms with Crippen molar-refractivity contribution in [2.75, 3.05) is 0 Å². The fourth-order valence-corrected chi connectivity index (χ4v) is 0. The number of aliphatic carboxylic acids is 1. The molecule has 0 heterocycles. The largest absolute Gasteiger partial charge is 0.478 e. The highest BCUT2D eigenvalue weighted by molar-refractivity contribution is 8.06. The average molecular weight is 430 g/mol. The summed E-state index contributed by atoms with van der Waals surface area (Å²) >= 11 is 7.21. The molecule has 0 rings (SSSR count). The van der Waals surface area contributed by atoms with Crippen molar-refractivity contribution in [1.82, 2.24) is 0 Å². The Kier molecular flexibility index (Phi) is 28.9. The summed E-state index contributed by atoms with van der Waals surface area (Å²) in [5, 5.41) is 7.89. The van der Waals surface area contributed by atoms with Crippen LogP contribution in [0, 0.1) is 11.8 Å². The fraction of sp³-hybridized carbons (Fsp3) is 0.750. The summed E-state index contributed by atoms with van der Waals surface area (Å²) in [5.74, 6) is 0.731. The van der Waals surface area contributed by atoms with E-state index < -0.39 is 19.4 Å². The molecule has 0 atom stereocenters. The minimum atomic E-state index is -3.81. The molecule has 0 aromatic carbocycles. The molecular formula is C12H32O8P2S2. The van der Waals surface area contributed by atoms with Crippen LogP contribution in [0.15, 0.2) is 12.2 Å². The van der Waals surface area contributed by atoms with Crippen molar-refractivity contribution in [2.24, 2.45) is 11.8 Å². The highest BCUT2D eigenvalue weighted by Gasteiger charge is 1.92. The zero-order valence-electron chi connectivity index (χ0n) is 15.1. The zero-order valence-corrected chi connectivity index (χ0v) is 18.5. The first-order valence-electron chi connectivity index (χ1n) is 6.56. The molecule has 0 spiro atoms. The van der Waals surface area contributed by atoms with Gasteiger partial charge in [0.25, 0.3) is 0 Å². The molecule has 24 heavy (non-hydrogen) atoms. The van der Waals surface area contributed by atoms with Crippen LogP contribution in [0.1, 0.15) is 48.5 Å². The van der Waals surface area contributed by atoms with E-state index in [4.69, 9.17) is 34.5 Å². The molecule has 0 saturated carbocycles. The SMILES string of the molecule is C=C(C)C(=O)O.CC(C)C.CC(C)C.OP(O)(O)=S.OP(O)(O)=S. The van der Waals surface area contributed by atoms with Gasteiger partial charge in [-0.1, -0.05) is 48.1 Å². The van der Waals surface area contributed by atoms with Crippen molar-refractivity contribution in [2.45, 2.75) is 48.5 Å². The Morgan fingerprint density at radius 2 is 0.833 bits per heavy atom. The van der Waals surface area contributed by atoms with E-state index in [1.807, 2.05) is 0 Å². The van der Waals surface area contributed by atoms with Gasteiger partial charge in [0.05, 0.1) is 0 Å². The Bertz CT molecular complexity index is 342. The molecule has 0 saturated heterocycles. The molecule has 0 aromatic heterocycles. The van der Waals surface area contributed by atoms with Gasteiger partial charge in [-0.2, -0.15) is 0 Å². The van der Waals surface area contributed by atoms with Gasteiger partial charge in [-0.15, -0.1) is 0 Å². The Morgan fingerprint density at radius 3 is 0.833 bits per heavy atom. The number of carboxylic acids is 1. The number of hydrogen-bond donors (Lipinski definition) is 7. The van der Waals surface area contributed by atoms with E-state index in [0.717, 1.165) is 11.8 Å². The van der Waals surface area contributed by atoms with Gasteiger partial charge in [0.15, 0.2) is 0 Å². The van der Waals surface area contributed by atoms with E-state index in [2.05, 4.69) is 71.7 Å². The van der Waals surface area contributed by atoms with E-state index >= 15 is 0 Å². The van der Waals surface area contributed by atoms with E-state index in [-0.39, 0.29) is 5.57 Å². The molecule has 12 heteroatoms. The van der Waals surface area contributed by atoms with Crippen LogP contribution >= 0.6 is 13.4 Å². The molecule has 0 aromatic rings. The maximum Gasteiger partial charge on any atom is 0.330 e. The van der Waals surface area contributed by atoms with Crippen LogP contribution in [0.25, 0.3) is 0 Å². The van der Waals surface area contributed by atoms with Crippen molar-refractivity contribution >= 4 is 43.0 Å². The molecule has 8 nitrogen and oxygen atoms in total. The van der Waals surface area contributed by atoms with E-state index in [1.54, 1.807) is 0 Å². The van der Waals surface area contributed by atoms with E-state index in [0.29, 0.717) is 0 Å². The Balaban J connectivity index is -0.0000000633. The second-order valence-electron chi connectivity index (χ2n) is 5.58. The summed E-state index contributed by atoms with van der Waals surface area (Å²) in [4.78, 5) is 54.9. The van der Waals surface area contributed by atoms with Gasteiger partial charge in [-0.25, -0.2) is 4.79 Å². The third-order valence-electron chi connectivity index (χ3n) is 0.365. The van der Waals surface area contributed by atoms with E-state index in [9.17, 15) is 4.79 Å². The van der Waals surface area contributed by atoms with Crippen LogP contribution in [0.4, 0.5) is 0 Å². The Morgan fingerprint density at radius 1 is 0.792 bits per heavy atom. The quantitative estimate of drug-likeness (QED) is 0.243. The monoisotopic (exact) mass is 430 g/mol. The van der Waals surface area contributed by atoms with Crippen LogP contribution in [0.2, 0.25) is 0 Å². The lowest BCUT2D eigenvalue weighted by atomic mass is 10.3. The molecular weight excluding hydrogens is 398 g/mol. The fourth-order valence-electron chi connectivity index (χ4n) is 0. The molecule has 0 fully saturated rings. The molecule has 7 N–H and O–H groups in total. The number of carboxylic acid groups (broad SMARTS) is 1. The summed E-state index contributed by atoms with van der Waals surface area (Å²) in [7, 11) is 0. The average Bonchev–Trinajstić information content (AvgIpc) is 2.08. The predicted molar refractivity (Wildman–Crippen MR) is 105 cm³/mol. The standard InChI is InChI=1S/C4H6O2.2C4H10.2H3O3PS/c1-3(2)4(5)6;2*1-4(2)3;2*1-4(2,3)5/h1H2,2H3,(H,5,6);2*4H,1-3H3;2*(H3,1,2,3,5). The first-order valence-corrected chi connectivity index (χ1v) is 11.9. The third kappa shape index (κ3) is 553. The number of carbonyl (C=O) groups is 1. The van der Waals surface area contributed by atoms with Gasteiger partial charge in [0.1, 0.15) is 0 Å². The van der Waals surface area contributed by atoms with Crippen LogP contribution in [0.3, 0.4) is 0 Å². The summed E-state index contributed by atoms with van der Waals surface area (Å²) in [6.07, 6.45) is 0. The highest BCUT2D eigenvalue weighted by Crippen LogP contribution is 2.26.